The molecule has 2 heterocycles. The average molecular weight is 374 g/mol. The van der Waals surface area contributed by atoms with Crippen molar-refractivity contribution in [1.29, 1.82) is 0 Å². The standard InChI is InChI=1S/C18H22N4O3S/c1-26(24,25)21-11-10-13(12-6-3-5-9-16(12)21)18(23)22-17(19)14-7-2-4-8-15(14)20-22/h3,5-6,9,13H,2,4,7-8,10-11,19H2,1H3. The number of anilines is 2. The van der Waals surface area contributed by atoms with E-state index in [4.69, 9.17) is 5.73 Å². The number of sulfonamides is 1. The van der Waals surface area contributed by atoms with E-state index < -0.39 is 15.9 Å². The van der Waals surface area contributed by atoms with Crippen LogP contribution >= 0.6 is 0 Å². The Hall–Kier alpha value is -2.35. The molecule has 1 aliphatic heterocycles. The normalized spacial score (nSPS) is 19.7. The van der Waals surface area contributed by atoms with Crippen molar-refractivity contribution in [2.75, 3.05) is 22.8 Å². The molecule has 26 heavy (non-hydrogen) atoms. The number of aromatic nitrogens is 2. The molecule has 2 aliphatic rings. The zero-order valence-electron chi connectivity index (χ0n) is 14.7. The summed E-state index contributed by atoms with van der Waals surface area (Å²) in [5.41, 5.74) is 9.41. The van der Waals surface area contributed by atoms with Gasteiger partial charge in [-0.15, -0.1) is 0 Å². The Labute approximate surface area is 152 Å². The first-order chi connectivity index (χ1) is 12.4. The van der Waals surface area contributed by atoms with Gasteiger partial charge in [-0.2, -0.15) is 9.78 Å². The van der Waals surface area contributed by atoms with Crippen molar-refractivity contribution in [2.45, 2.75) is 38.0 Å². The van der Waals surface area contributed by atoms with E-state index in [1.165, 1.54) is 15.2 Å². The van der Waals surface area contributed by atoms with Crippen LogP contribution < -0.4 is 10.0 Å². The molecule has 138 valence electrons. The third-order valence-electron chi connectivity index (χ3n) is 5.31. The van der Waals surface area contributed by atoms with Crippen LogP contribution in [0.4, 0.5) is 11.5 Å². The Balaban J connectivity index is 1.75. The van der Waals surface area contributed by atoms with Crippen LogP contribution in [0.1, 0.15) is 46.8 Å². The van der Waals surface area contributed by atoms with Gasteiger partial charge in [0.25, 0.3) is 5.91 Å². The number of nitrogens with zero attached hydrogens (tertiary/aromatic N) is 3. The van der Waals surface area contributed by atoms with Gasteiger partial charge in [0.1, 0.15) is 5.82 Å². The van der Waals surface area contributed by atoms with Crippen molar-refractivity contribution in [3.8, 4) is 0 Å². The average Bonchev–Trinajstić information content (AvgIpc) is 2.96. The van der Waals surface area contributed by atoms with Crippen molar-refractivity contribution in [2.24, 2.45) is 0 Å². The van der Waals surface area contributed by atoms with Gasteiger partial charge in [-0.3, -0.25) is 9.10 Å². The maximum absolute atomic E-state index is 13.2. The number of para-hydroxylation sites is 1. The third-order valence-corrected chi connectivity index (χ3v) is 6.49. The van der Waals surface area contributed by atoms with E-state index >= 15 is 0 Å². The van der Waals surface area contributed by atoms with E-state index in [1.807, 2.05) is 12.1 Å². The Morgan fingerprint density at radius 2 is 1.96 bits per heavy atom. The summed E-state index contributed by atoms with van der Waals surface area (Å²) in [5.74, 6) is -0.196. The molecule has 7 nitrogen and oxygen atoms in total. The van der Waals surface area contributed by atoms with Crippen molar-refractivity contribution < 1.29 is 13.2 Å². The number of carbonyl (C=O) groups is 1. The molecule has 0 bridgehead atoms. The quantitative estimate of drug-likeness (QED) is 0.866. The van der Waals surface area contributed by atoms with Crippen LogP contribution in [0.15, 0.2) is 24.3 Å². The zero-order chi connectivity index (χ0) is 18.5. The first kappa shape index (κ1) is 17.1. The van der Waals surface area contributed by atoms with E-state index in [9.17, 15) is 13.2 Å². The highest BCUT2D eigenvalue weighted by Crippen LogP contribution is 2.38. The number of hydrogen-bond donors (Lipinski definition) is 1. The lowest BCUT2D eigenvalue weighted by atomic mass is 9.90. The number of nitrogen functional groups attached to an aromatic ring is 1. The summed E-state index contributed by atoms with van der Waals surface area (Å²) in [6, 6.07) is 7.16. The van der Waals surface area contributed by atoms with Crippen LogP contribution in [0.2, 0.25) is 0 Å². The topological polar surface area (TPSA) is 98.3 Å². The highest BCUT2D eigenvalue weighted by molar-refractivity contribution is 7.92. The molecule has 1 aromatic heterocycles. The summed E-state index contributed by atoms with van der Waals surface area (Å²) >= 11 is 0. The SMILES string of the molecule is CS(=O)(=O)N1CCC(C(=O)n2nc3c(c2N)CCCC3)c2ccccc21. The Morgan fingerprint density at radius 1 is 1.23 bits per heavy atom. The van der Waals surface area contributed by atoms with Crippen LogP contribution in [0.5, 0.6) is 0 Å². The van der Waals surface area contributed by atoms with Crippen molar-refractivity contribution in [1.82, 2.24) is 9.78 Å². The van der Waals surface area contributed by atoms with Crippen molar-refractivity contribution in [3.63, 3.8) is 0 Å². The highest BCUT2D eigenvalue weighted by atomic mass is 32.2. The Morgan fingerprint density at radius 3 is 2.69 bits per heavy atom. The Kier molecular flexibility index (Phi) is 4.02. The number of benzene rings is 1. The van der Waals surface area contributed by atoms with Crippen LogP contribution in [-0.4, -0.2) is 36.9 Å². The lowest BCUT2D eigenvalue weighted by Gasteiger charge is -2.33. The molecule has 1 atom stereocenters. The maximum Gasteiger partial charge on any atom is 0.256 e. The van der Waals surface area contributed by atoms with Gasteiger partial charge in [-0.25, -0.2) is 8.42 Å². The fourth-order valence-electron chi connectivity index (χ4n) is 4.03. The summed E-state index contributed by atoms with van der Waals surface area (Å²) in [6.45, 7) is 0.271. The molecule has 0 radical (unpaired) electrons. The molecule has 8 heteroatoms. The van der Waals surface area contributed by atoms with Crippen LogP contribution in [0, 0.1) is 0 Å². The van der Waals surface area contributed by atoms with Gasteiger partial charge < -0.3 is 5.73 Å². The van der Waals surface area contributed by atoms with Gasteiger partial charge >= 0.3 is 0 Å². The number of nitrogens with two attached hydrogens (primary N) is 1. The van der Waals surface area contributed by atoms with Gasteiger partial charge in [0.2, 0.25) is 10.0 Å². The predicted octanol–water partition coefficient (Wildman–Crippen LogP) is 1.94. The lowest BCUT2D eigenvalue weighted by Crippen LogP contribution is -2.38. The third kappa shape index (κ3) is 2.68. The second-order valence-corrected chi connectivity index (χ2v) is 8.91. The number of aryl methyl sites for hydroxylation is 1. The predicted molar refractivity (Wildman–Crippen MR) is 99.9 cm³/mol. The van der Waals surface area contributed by atoms with Gasteiger partial charge in [0.05, 0.1) is 23.6 Å². The number of hydrogen-bond acceptors (Lipinski definition) is 5. The van der Waals surface area contributed by atoms with E-state index in [1.54, 1.807) is 12.1 Å². The number of rotatable bonds is 2. The molecule has 0 amide bonds. The summed E-state index contributed by atoms with van der Waals surface area (Å²) in [5, 5.41) is 4.48. The second-order valence-electron chi connectivity index (χ2n) is 7.00. The molecular weight excluding hydrogens is 352 g/mol. The maximum atomic E-state index is 13.2. The first-order valence-corrected chi connectivity index (χ1v) is 10.7. The monoisotopic (exact) mass is 374 g/mol. The van der Waals surface area contributed by atoms with Gasteiger partial charge in [-0.1, -0.05) is 18.2 Å². The second kappa shape index (κ2) is 6.12. The molecule has 0 fully saturated rings. The molecule has 0 saturated heterocycles. The molecule has 1 aliphatic carbocycles. The zero-order valence-corrected chi connectivity index (χ0v) is 15.5. The van der Waals surface area contributed by atoms with Crippen LogP contribution in [-0.2, 0) is 22.9 Å². The minimum absolute atomic E-state index is 0.183. The summed E-state index contributed by atoms with van der Waals surface area (Å²) in [4.78, 5) is 13.2. The molecule has 4 rings (SSSR count). The van der Waals surface area contributed by atoms with Crippen LogP contribution in [0.3, 0.4) is 0 Å². The number of fused-ring (bicyclic) bond motifs is 2. The molecule has 1 unspecified atom stereocenters. The fourth-order valence-corrected chi connectivity index (χ4v) is 4.99. The fraction of sp³-hybridized carbons (Fsp3) is 0.444. The molecule has 2 aromatic rings. The minimum atomic E-state index is -3.39. The minimum Gasteiger partial charge on any atom is -0.383 e. The summed E-state index contributed by atoms with van der Waals surface area (Å²) < 4.78 is 26.9. The van der Waals surface area contributed by atoms with Crippen molar-refractivity contribution >= 4 is 27.4 Å². The Bertz CT molecular complexity index is 980. The lowest BCUT2D eigenvalue weighted by molar-refractivity contribution is 0.0858. The van der Waals surface area contributed by atoms with Gasteiger partial charge in [-0.05, 0) is 43.7 Å². The van der Waals surface area contributed by atoms with Gasteiger partial charge in [0.15, 0.2) is 0 Å². The number of carbonyl (C=O) groups excluding carboxylic acids is 1. The first-order valence-electron chi connectivity index (χ1n) is 8.85. The summed E-state index contributed by atoms with van der Waals surface area (Å²) in [6.07, 6.45) is 5.43. The molecular formula is C18H22N4O3S. The largest absolute Gasteiger partial charge is 0.383 e. The van der Waals surface area contributed by atoms with Crippen LogP contribution in [0.25, 0.3) is 0 Å². The van der Waals surface area contributed by atoms with E-state index in [0.717, 1.165) is 36.9 Å². The van der Waals surface area contributed by atoms with E-state index in [2.05, 4.69) is 5.10 Å². The molecule has 1 aromatic carbocycles. The smallest absolute Gasteiger partial charge is 0.256 e. The van der Waals surface area contributed by atoms with E-state index in [0.29, 0.717) is 23.5 Å². The van der Waals surface area contributed by atoms with Crippen molar-refractivity contribution in [3.05, 3.63) is 41.1 Å². The molecule has 0 saturated carbocycles. The van der Waals surface area contributed by atoms with E-state index in [-0.39, 0.29) is 12.5 Å². The van der Waals surface area contributed by atoms with Gasteiger partial charge in [0, 0.05) is 12.1 Å². The summed E-state index contributed by atoms with van der Waals surface area (Å²) in [7, 11) is -3.39. The molecule has 0 spiro atoms. The molecule has 2 N–H and O–H groups in total. The highest BCUT2D eigenvalue weighted by Gasteiger charge is 2.35.